The van der Waals surface area contributed by atoms with Crippen LogP contribution in [0.1, 0.15) is 29.6 Å². The number of anilines is 1. The van der Waals surface area contributed by atoms with Crippen LogP contribution in [0.25, 0.3) is 0 Å². The normalized spacial score (nSPS) is 9.83. The molecule has 0 heterocycles. The fourth-order valence-electron chi connectivity index (χ4n) is 1.43. The Kier molecular flexibility index (Phi) is 5.66. The summed E-state index contributed by atoms with van der Waals surface area (Å²) in [5, 5.41) is 11.7. The average molecular weight is 314 g/mol. The molecule has 5 heteroatoms. The maximum Gasteiger partial charge on any atom is 0.336 e. The van der Waals surface area contributed by atoms with E-state index in [2.05, 4.69) is 27.2 Å². The number of unbranched alkanes of at least 4 members (excludes halogenated alkanes) is 2. The molecule has 0 unspecified atom stereocenters. The number of nitrogens with one attached hydrogen (secondary N) is 1. The smallest absolute Gasteiger partial charge is 0.336 e. The van der Waals surface area contributed by atoms with Crippen LogP contribution in [0.2, 0.25) is 0 Å². The Hall–Kier alpha value is -1.54. The van der Waals surface area contributed by atoms with Crippen molar-refractivity contribution in [2.24, 2.45) is 0 Å². The number of rotatable bonds is 6. The number of carboxylic acids is 1. The highest BCUT2D eigenvalue weighted by Crippen LogP contribution is 2.27. The molecule has 0 amide bonds. The van der Waals surface area contributed by atoms with Gasteiger partial charge in [0.2, 0.25) is 0 Å². The lowest BCUT2D eigenvalue weighted by atomic mass is 10.2. The summed E-state index contributed by atoms with van der Waals surface area (Å²) in [5.41, 5.74) is 0.193. The van der Waals surface area contributed by atoms with E-state index in [4.69, 9.17) is 11.5 Å². The fourth-order valence-corrected chi connectivity index (χ4v) is 1.94. The highest BCUT2D eigenvalue weighted by Gasteiger charge is 2.15. The van der Waals surface area contributed by atoms with Gasteiger partial charge in [-0.3, -0.25) is 0 Å². The van der Waals surface area contributed by atoms with Gasteiger partial charge < -0.3 is 10.4 Å². The summed E-state index contributed by atoms with van der Waals surface area (Å²) in [6.07, 6.45) is 7.53. The summed E-state index contributed by atoms with van der Waals surface area (Å²) in [6.45, 7) is 0.595. The molecule has 2 N–H and O–H groups in total. The van der Waals surface area contributed by atoms with Crippen molar-refractivity contribution in [3.8, 4) is 12.3 Å². The van der Waals surface area contributed by atoms with Crippen molar-refractivity contribution in [1.82, 2.24) is 0 Å². The van der Waals surface area contributed by atoms with E-state index in [0.29, 0.717) is 13.0 Å². The molecule has 0 atom stereocenters. The van der Waals surface area contributed by atoms with Crippen molar-refractivity contribution in [2.45, 2.75) is 19.3 Å². The third-order valence-electron chi connectivity index (χ3n) is 2.38. The van der Waals surface area contributed by atoms with E-state index in [1.54, 1.807) is 0 Å². The minimum atomic E-state index is -1.17. The largest absolute Gasteiger partial charge is 0.478 e. The van der Waals surface area contributed by atoms with E-state index in [0.717, 1.165) is 12.8 Å². The summed E-state index contributed by atoms with van der Waals surface area (Å²) in [4.78, 5) is 10.8. The van der Waals surface area contributed by atoms with Crippen LogP contribution in [0.5, 0.6) is 0 Å². The van der Waals surface area contributed by atoms with Gasteiger partial charge in [-0.25, -0.2) is 9.18 Å². The fraction of sp³-hybridized carbons (Fsp3) is 0.308. The Morgan fingerprint density at radius 3 is 2.83 bits per heavy atom. The van der Waals surface area contributed by atoms with Gasteiger partial charge in [0.25, 0.3) is 0 Å². The molecule has 0 aliphatic heterocycles. The molecule has 0 saturated heterocycles. The number of hydrogen-bond acceptors (Lipinski definition) is 2. The number of hydrogen-bond donors (Lipinski definition) is 2. The van der Waals surface area contributed by atoms with Crippen molar-refractivity contribution in [2.75, 3.05) is 11.9 Å². The molecule has 0 aromatic heterocycles. The maximum absolute atomic E-state index is 13.8. The van der Waals surface area contributed by atoms with Gasteiger partial charge in [-0.15, -0.1) is 12.3 Å². The zero-order valence-corrected chi connectivity index (χ0v) is 11.3. The zero-order chi connectivity index (χ0) is 13.5. The number of benzene rings is 1. The van der Waals surface area contributed by atoms with Crippen molar-refractivity contribution in [1.29, 1.82) is 0 Å². The average Bonchev–Trinajstić information content (AvgIpc) is 2.33. The molecule has 0 aliphatic carbocycles. The lowest BCUT2D eigenvalue weighted by Gasteiger charge is -2.09. The molecule has 96 valence electrons. The standard InChI is InChI=1S/C13H13BrFNO2/c1-2-3-4-5-8-16-10-7-6-9(13(17)18)11(14)12(10)15/h1,6-7,16H,3-5,8H2,(H,17,18). The predicted molar refractivity (Wildman–Crippen MR) is 72.2 cm³/mol. The third-order valence-corrected chi connectivity index (χ3v) is 3.15. The first-order valence-corrected chi connectivity index (χ1v) is 6.26. The lowest BCUT2D eigenvalue weighted by molar-refractivity contribution is 0.0695. The van der Waals surface area contributed by atoms with Crippen molar-refractivity contribution < 1.29 is 14.3 Å². The van der Waals surface area contributed by atoms with E-state index in [1.165, 1.54) is 12.1 Å². The minimum Gasteiger partial charge on any atom is -0.478 e. The van der Waals surface area contributed by atoms with Crippen LogP contribution in [0.4, 0.5) is 10.1 Å². The van der Waals surface area contributed by atoms with Gasteiger partial charge in [-0.1, -0.05) is 0 Å². The van der Waals surface area contributed by atoms with Gasteiger partial charge >= 0.3 is 5.97 Å². The second kappa shape index (κ2) is 7.02. The number of carboxylic acid groups (broad SMARTS) is 1. The molecule has 1 rings (SSSR count). The Balaban J connectivity index is 2.66. The van der Waals surface area contributed by atoms with Gasteiger partial charge in [-0.2, -0.15) is 0 Å². The maximum atomic E-state index is 13.8. The topological polar surface area (TPSA) is 49.3 Å². The van der Waals surface area contributed by atoms with E-state index < -0.39 is 11.8 Å². The molecule has 0 fully saturated rings. The van der Waals surface area contributed by atoms with Crippen LogP contribution >= 0.6 is 15.9 Å². The van der Waals surface area contributed by atoms with Crippen LogP contribution < -0.4 is 5.32 Å². The van der Waals surface area contributed by atoms with Crippen LogP contribution in [0.3, 0.4) is 0 Å². The van der Waals surface area contributed by atoms with Gasteiger partial charge in [-0.05, 0) is 40.9 Å². The zero-order valence-electron chi connectivity index (χ0n) is 9.67. The summed E-state index contributed by atoms with van der Waals surface area (Å²) >= 11 is 2.94. The van der Waals surface area contributed by atoms with Crippen molar-refractivity contribution in [3.05, 3.63) is 28.0 Å². The Morgan fingerprint density at radius 1 is 1.50 bits per heavy atom. The number of carbonyl (C=O) groups is 1. The number of aromatic carboxylic acids is 1. The molecular weight excluding hydrogens is 301 g/mol. The first-order valence-electron chi connectivity index (χ1n) is 5.46. The summed E-state index contributed by atoms with van der Waals surface area (Å²) < 4.78 is 13.8. The SMILES string of the molecule is C#CCCCCNc1ccc(C(=O)O)c(Br)c1F. The molecule has 18 heavy (non-hydrogen) atoms. The molecule has 0 spiro atoms. The van der Waals surface area contributed by atoms with E-state index in [1.807, 2.05) is 0 Å². The van der Waals surface area contributed by atoms with E-state index >= 15 is 0 Å². The van der Waals surface area contributed by atoms with Gasteiger partial charge in [0.05, 0.1) is 15.7 Å². The number of halogens is 2. The quantitative estimate of drug-likeness (QED) is 0.624. The van der Waals surface area contributed by atoms with Gasteiger partial charge in [0, 0.05) is 13.0 Å². The Labute approximate surface area is 114 Å². The molecule has 0 radical (unpaired) electrons. The molecule has 0 bridgehead atoms. The van der Waals surface area contributed by atoms with Crippen LogP contribution in [0.15, 0.2) is 16.6 Å². The van der Waals surface area contributed by atoms with Crippen LogP contribution in [0, 0.1) is 18.2 Å². The highest BCUT2D eigenvalue weighted by molar-refractivity contribution is 9.10. The molecule has 1 aromatic rings. The van der Waals surface area contributed by atoms with Crippen molar-refractivity contribution in [3.63, 3.8) is 0 Å². The second-order valence-corrected chi connectivity index (χ2v) is 4.47. The van der Waals surface area contributed by atoms with Gasteiger partial charge in [0.1, 0.15) is 0 Å². The highest BCUT2D eigenvalue weighted by atomic mass is 79.9. The van der Waals surface area contributed by atoms with E-state index in [-0.39, 0.29) is 15.7 Å². The van der Waals surface area contributed by atoms with E-state index in [9.17, 15) is 9.18 Å². The molecule has 1 aromatic carbocycles. The van der Waals surface area contributed by atoms with Crippen LogP contribution in [-0.4, -0.2) is 17.6 Å². The third kappa shape index (κ3) is 3.74. The molecule has 3 nitrogen and oxygen atoms in total. The summed E-state index contributed by atoms with van der Waals surface area (Å²) in [7, 11) is 0. The predicted octanol–water partition coefficient (Wildman–Crippen LogP) is 3.50. The monoisotopic (exact) mass is 313 g/mol. The van der Waals surface area contributed by atoms with Crippen molar-refractivity contribution >= 4 is 27.6 Å². The first kappa shape index (κ1) is 14.5. The lowest BCUT2D eigenvalue weighted by Crippen LogP contribution is -2.06. The molecule has 0 aliphatic rings. The Bertz CT molecular complexity index is 483. The first-order chi connectivity index (χ1) is 8.57. The summed E-state index contributed by atoms with van der Waals surface area (Å²) in [5.74, 6) is 0.776. The van der Waals surface area contributed by atoms with Gasteiger partial charge in [0.15, 0.2) is 5.82 Å². The minimum absolute atomic E-state index is 0.0383. The summed E-state index contributed by atoms with van der Waals surface area (Å²) in [6, 6.07) is 2.78. The van der Waals surface area contributed by atoms with Crippen LogP contribution in [-0.2, 0) is 0 Å². The number of terminal acetylenes is 1. The Morgan fingerprint density at radius 2 is 2.22 bits per heavy atom. The second-order valence-electron chi connectivity index (χ2n) is 3.68. The molecule has 0 saturated carbocycles. The molecular formula is C13H13BrFNO2.